The van der Waals surface area contributed by atoms with Crippen molar-refractivity contribution in [2.45, 2.75) is 37.7 Å². The molecule has 146 valence electrons. The third kappa shape index (κ3) is 2.76. The van der Waals surface area contributed by atoms with Gasteiger partial charge in [-0.15, -0.1) is 0 Å². The van der Waals surface area contributed by atoms with Crippen molar-refractivity contribution in [2.24, 2.45) is 5.73 Å². The van der Waals surface area contributed by atoms with Crippen LogP contribution in [0.15, 0.2) is 24.8 Å². The average molecular weight is 390 g/mol. The highest BCUT2D eigenvalue weighted by molar-refractivity contribution is 5.50. The predicted molar refractivity (Wildman–Crippen MR) is 91.4 cm³/mol. The van der Waals surface area contributed by atoms with E-state index in [4.69, 9.17) is 10.5 Å². The van der Waals surface area contributed by atoms with Crippen molar-refractivity contribution in [3.8, 4) is 0 Å². The molecule has 2 aliphatic rings. The average Bonchev–Trinajstić information content (AvgIpc) is 3.23. The van der Waals surface area contributed by atoms with Crippen molar-refractivity contribution >= 4 is 5.65 Å². The maximum atomic E-state index is 14.1. The summed E-state index contributed by atoms with van der Waals surface area (Å²) in [5.41, 5.74) is 8.92. The van der Waals surface area contributed by atoms with Gasteiger partial charge < -0.3 is 10.5 Å². The van der Waals surface area contributed by atoms with Gasteiger partial charge in [0.2, 0.25) is 0 Å². The molecule has 2 aliphatic heterocycles. The van der Waals surface area contributed by atoms with Gasteiger partial charge in [0, 0.05) is 42.4 Å². The van der Waals surface area contributed by atoms with E-state index in [1.807, 2.05) is 0 Å². The first-order valence-corrected chi connectivity index (χ1v) is 8.93. The molecule has 4 heterocycles. The second kappa shape index (κ2) is 6.50. The fourth-order valence-electron chi connectivity index (χ4n) is 4.08. The van der Waals surface area contributed by atoms with E-state index in [1.165, 1.54) is 6.33 Å². The van der Waals surface area contributed by atoms with Crippen LogP contribution in [0, 0.1) is 17.5 Å². The Bertz CT molecular complexity index is 1060. The third-order valence-corrected chi connectivity index (χ3v) is 5.46. The summed E-state index contributed by atoms with van der Waals surface area (Å²) in [7, 11) is 0. The van der Waals surface area contributed by atoms with Crippen molar-refractivity contribution in [3.05, 3.63) is 59.1 Å². The number of hydrogen-bond acceptors (Lipinski definition) is 6. The first kappa shape index (κ1) is 17.5. The summed E-state index contributed by atoms with van der Waals surface area (Å²) in [6.45, 7) is 1.59. The number of aromatic nitrogens is 4. The second-order valence-electron chi connectivity index (χ2n) is 7.20. The molecule has 10 heteroatoms. The second-order valence-corrected chi connectivity index (χ2v) is 7.20. The molecular weight excluding hydrogens is 373 g/mol. The zero-order chi connectivity index (χ0) is 19.4. The molecule has 3 aromatic rings. The molecule has 0 spiro atoms. The lowest BCUT2D eigenvalue weighted by molar-refractivity contribution is -0.0533. The molecule has 0 radical (unpaired) electrons. The molecule has 0 saturated carbocycles. The van der Waals surface area contributed by atoms with Crippen molar-refractivity contribution in [3.63, 3.8) is 0 Å². The molecular formula is C18H17F3N6O. The Morgan fingerprint density at radius 1 is 1.11 bits per heavy atom. The van der Waals surface area contributed by atoms with Crippen LogP contribution in [0.3, 0.4) is 0 Å². The summed E-state index contributed by atoms with van der Waals surface area (Å²) in [6.07, 6.45) is 2.82. The number of fused-ring (bicyclic) bond motifs is 3. The molecule has 3 atom stereocenters. The molecule has 0 unspecified atom stereocenters. The monoisotopic (exact) mass is 390 g/mol. The molecule has 0 amide bonds. The molecule has 0 bridgehead atoms. The summed E-state index contributed by atoms with van der Waals surface area (Å²) < 4.78 is 48.3. The van der Waals surface area contributed by atoms with E-state index in [0.717, 1.165) is 23.0 Å². The maximum absolute atomic E-state index is 14.1. The van der Waals surface area contributed by atoms with E-state index < -0.39 is 29.6 Å². The lowest BCUT2D eigenvalue weighted by Gasteiger charge is -2.38. The van der Waals surface area contributed by atoms with Crippen LogP contribution < -0.4 is 5.73 Å². The lowest BCUT2D eigenvalue weighted by atomic mass is 9.93. The summed E-state index contributed by atoms with van der Waals surface area (Å²) in [4.78, 5) is 10.4. The summed E-state index contributed by atoms with van der Waals surface area (Å²) in [6, 6.07) is 0.819. The Morgan fingerprint density at radius 3 is 2.75 bits per heavy atom. The fourth-order valence-corrected chi connectivity index (χ4v) is 4.08. The highest BCUT2D eigenvalue weighted by atomic mass is 19.2. The van der Waals surface area contributed by atoms with Gasteiger partial charge in [-0.1, -0.05) is 0 Å². The van der Waals surface area contributed by atoms with Crippen LogP contribution in [-0.4, -0.2) is 43.2 Å². The van der Waals surface area contributed by atoms with Crippen molar-refractivity contribution in [1.82, 2.24) is 24.5 Å². The molecule has 2 aromatic heterocycles. The van der Waals surface area contributed by atoms with Crippen LogP contribution in [0.25, 0.3) is 5.65 Å². The van der Waals surface area contributed by atoms with Gasteiger partial charge in [-0.05, 0) is 12.5 Å². The topological polar surface area (TPSA) is 81.6 Å². The third-order valence-electron chi connectivity index (χ3n) is 5.46. The number of nitrogens with zero attached hydrogens (tertiary/aromatic N) is 5. The Balaban J connectivity index is 1.32. The Kier molecular flexibility index (Phi) is 4.07. The Hall–Kier alpha value is -2.56. The number of ether oxygens (including phenoxy) is 1. The SMILES string of the molecule is N[C@H]1C[C@@H](N2Cc3nn4cncnc4c3C2)CO[C@@H]1c1cc(F)c(F)cc1F. The van der Waals surface area contributed by atoms with Gasteiger partial charge in [0.15, 0.2) is 17.3 Å². The fraction of sp³-hybridized carbons (Fsp3) is 0.389. The minimum absolute atomic E-state index is 0.00990. The quantitative estimate of drug-likeness (QED) is 0.671. The normalized spacial score (nSPS) is 25.4. The van der Waals surface area contributed by atoms with E-state index >= 15 is 0 Å². The first-order chi connectivity index (χ1) is 13.5. The van der Waals surface area contributed by atoms with Gasteiger partial charge in [-0.2, -0.15) is 5.10 Å². The van der Waals surface area contributed by atoms with Crippen molar-refractivity contribution in [2.75, 3.05) is 6.61 Å². The summed E-state index contributed by atoms with van der Waals surface area (Å²) in [5.74, 6) is -3.20. The maximum Gasteiger partial charge on any atom is 0.163 e. The highest BCUT2D eigenvalue weighted by Gasteiger charge is 2.38. The van der Waals surface area contributed by atoms with E-state index in [0.29, 0.717) is 32.2 Å². The summed E-state index contributed by atoms with van der Waals surface area (Å²) in [5, 5.41) is 4.50. The van der Waals surface area contributed by atoms with Crippen LogP contribution >= 0.6 is 0 Å². The van der Waals surface area contributed by atoms with Crippen LogP contribution in [-0.2, 0) is 17.8 Å². The molecule has 5 rings (SSSR count). The zero-order valence-corrected chi connectivity index (χ0v) is 14.7. The highest BCUT2D eigenvalue weighted by Crippen LogP contribution is 2.35. The van der Waals surface area contributed by atoms with Crippen LogP contribution in [0.4, 0.5) is 13.2 Å². The standard InChI is InChI=1S/C18H17F3N6O/c19-12-3-14(21)13(20)2-10(12)17-15(22)1-9(6-28-17)26-4-11-16(5-26)25-27-8-23-7-24-18(11)27/h2-3,7-9,15,17H,1,4-6,22H2/t9-,15+,17-/m1/s1. The van der Waals surface area contributed by atoms with Crippen LogP contribution in [0.2, 0.25) is 0 Å². The number of nitrogens with two attached hydrogens (primary N) is 1. The van der Waals surface area contributed by atoms with Gasteiger partial charge in [0.05, 0.1) is 12.3 Å². The predicted octanol–water partition coefficient (Wildman–Crippen LogP) is 1.71. The minimum atomic E-state index is -1.23. The van der Waals surface area contributed by atoms with Crippen LogP contribution in [0.1, 0.15) is 29.3 Å². The largest absolute Gasteiger partial charge is 0.370 e. The van der Waals surface area contributed by atoms with Gasteiger partial charge in [0.1, 0.15) is 24.6 Å². The molecule has 7 nitrogen and oxygen atoms in total. The number of halogens is 3. The number of rotatable bonds is 2. The van der Waals surface area contributed by atoms with Gasteiger partial charge >= 0.3 is 0 Å². The van der Waals surface area contributed by atoms with Crippen molar-refractivity contribution in [1.29, 1.82) is 0 Å². The molecule has 2 N–H and O–H groups in total. The van der Waals surface area contributed by atoms with E-state index in [-0.39, 0.29) is 11.6 Å². The first-order valence-electron chi connectivity index (χ1n) is 8.93. The van der Waals surface area contributed by atoms with E-state index in [1.54, 1.807) is 10.8 Å². The zero-order valence-electron chi connectivity index (χ0n) is 14.7. The molecule has 0 aliphatic carbocycles. The summed E-state index contributed by atoms with van der Waals surface area (Å²) >= 11 is 0. The smallest absolute Gasteiger partial charge is 0.163 e. The van der Waals surface area contributed by atoms with Gasteiger partial charge in [0.25, 0.3) is 0 Å². The molecule has 1 fully saturated rings. The molecule has 1 saturated heterocycles. The van der Waals surface area contributed by atoms with Crippen LogP contribution in [0.5, 0.6) is 0 Å². The minimum Gasteiger partial charge on any atom is -0.370 e. The van der Waals surface area contributed by atoms with Crippen molar-refractivity contribution < 1.29 is 17.9 Å². The van der Waals surface area contributed by atoms with E-state index in [9.17, 15) is 13.2 Å². The van der Waals surface area contributed by atoms with Gasteiger partial charge in [-0.3, -0.25) is 4.90 Å². The molecule has 1 aromatic carbocycles. The molecule has 28 heavy (non-hydrogen) atoms. The van der Waals surface area contributed by atoms with Gasteiger partial charge in [-0.25, -0.2) is 27.7 Å². The Labute approximate surface area is 157 Å². The number of benzene rings is 1. The number of hydrogen-bond donors (Lipinski definition) is 1. The Morgan fingerprint density at radius 2 is 1.93 bits per heavy atom. The lowest BCUT2D eigenvalue weighted by Crippen LogP contribution is -2.47. The van der Waals surface area contributed by atoms with E-state index in [2.05, 4.69) is 20.0 Å².